The third-order valence-electron chi connectivity index (χ3n) is 5.28. The Morgan fingerprint density at radius 1 is 0.909 bits per heavy atom. The molecule has 0 radical (unpaired) electrons. The van der Waals surface area contributed by atoms with Crippen molar-refractivity contribution in [2.45, 2.75) is 25.8 Å². The van der Waals surface area contributed by atoms with Gasteiger partial charge in [0.05, 0.1) is 41.0 Å². The summed E-state index contributed by atoms with van der Waals surface area (Å²) in [6.07, 6.45) is 4.18. The maximum absolute atomic E-state index is 5.47. The van der Waals surface area contributed by atoms with E-state index in [0.29, 0.717) is 5.75 Å². The van der Waals surface area contributed by atoms with Crippen LogP contribution in [0.15, 0.2) is 12.1 Å². The van der Waals surface area contributed by atoms with Crippen LogP contribution >= 0.6 is 0 Å². The number of hydrogen-bond acceptors (Lipinski definition) is 3. The number of methoxy groups -OCH3 is 3. The molecular weight excluding hydrogens is 346 g/mol. The molecule has 22 heavy (non-hydrogen) atoms. The topological polar surface area (TPSA) is 27.7 Å². The zero-order chi connectivity index (χ0) is 14.9. The van der Waals surface area contributed by atoms with E-state index in [-0.39, 0.29) is 17.0 Å². The molecule has 3 aliphatic heterocycles. The molecule has 0 atom stereocenters. The standard InChI is InChI=1S/C17H26NO3.BrH/c1-19-15-10-14(11-16(20-2)17(15)21-3)12-18-7-4-13(5-8-18)6-9-18;/h10-11,13H,4-9,12H2,1-3H3;1H/q+1;/p-1. The minimum atomic E-state index is 0. The predicted molar refractivity (Wildman–Crippen MR) is 82.0 cm³/mol. The monoisotopic (exact) mass is 371 g/mol. The smallest absolute Gasteiger partial charge is 0.203 e. The number of halogens is 1. The second kappa shape index (κ2) is 7.09. The molecule has 3 heterocycles. The molecular formula is C17H26BrNO3. The molecule has 0 saturated carbocycles. The third-order valence-corrected chi connectivity index (χ3v) is 5.28. The van der Waals surface area contributed by atoms with Crippen LogP contribution in [0.2, 0.25) is 0 Å². The Morgan fingerprint density at radius 3 is 1.82 bits per heavy atom. The van der Waals surface area contributed by atoms with Crippen molar-refractivity contribution in [3.63, 3.8) is 0 Å². The molecule has 124 valence electrons. The average Bonchev–Trinajstić information content (AvgIpc) is 2.55. The number of fused-ring (bicyclic) bond motifs is 3. The van der Waals surface area contributed by atoms with Crippen molar-refractivity contribution in [1.29, 1.82) is 0 Å². The van der Waals surface area contributed by atoms with Crippen molar-refractivity contribution < 1.29 is 35.7 Å². The Labute approximate surface area is 143 Å². The van der Waals surface area contributed by atoms with E-state index >= 15 is 0 Å². The normalized spacial score (nSPS) is 26.2. The molecule has 3 aliphatic rings. The predicted octanol–water partition coefficient (Wildman–Crippen LogP) is -0.153. The first kappa shape index (κ1) is 17.4. The van der Waals surface area contributed by atoms with Gasteiger partial charge in [-0.2, -0.15) is 0 Å². The summed E-state index contributed by atoms with van der Waals surface area (Å²) in [6, 6.07) is 4.21. The first-order valence-electron chi connectivity index (χ1n) is 7.84. The maximum Gasteiger partial charge on any atom is 0.203 e. The molecule has 2 bridgehead atoms. The molecule has 4 rings (SSSR count). The molecule has 3 saturated heterocycles. The van der Waals surface area contributed by atoms with Crippen LogP contribution in [0.4, 0.5) is 0 Å². The van der Waals surface area contributed by atoms with Crippen LogP contribution in [0.25, 0.3) is 0 Å². The van der Waals surface area contributed by atoms with E-state index in [2.05, 4.69) is 12.1 Å². The van der Waals surface area contributed by atoms with Gasteiger partial charge in [-0.15, -0.1) is 0 Å². The number of benzene rings is 1. The van der Waals surface area contributed by atoms with Crippen LogP contribution in [-0.2, 0) is 6.54 Å². The highest BCUT2D eigenvalue weighted by molar-refractivity contribution is 5.53. The summed E-state index contributed by atoms with van der Waals surface area (Å²) in [7, 11) is 5.01. The van der Waals surface area contributed by atoms with Crippen molar-refractivity contribution >= 4 is 0 Å². The van der Waals surface area contributed by atoms with Gasteiger partial charge in [0.25, 0.3) is 0 Å². The molecule has 3 fully saturated rings. The highest BCUT2D eigenvalue weighted by Gasteiger charge is 2.39. The van der Waals surface area contributed by atoms with E-state index in [9.17, 15) is 0 Å². The summed E-state index contributed by atoms with van der Waals surface area (Å²) in [5.74, 6) is 3.19. The Hall–Kier alpha value is -0.940. The van der Waals surface area contributed by atoms with Gasteiger partial charge in [0, 0.05) is 5.56 Å². The third kappa shape index (κ3) is 3.20. The van der Waals surface area contributed by atoms with Crippen molar-refractivity contribution in [2.24, 2.45) is 5.92 Å². The lowest BCUT2D eigenvalue weighted by Gasteiger charge is -2.49. The molecule has 4 nitrogen and oxygen atoms in total. The molecule has 0 spiro atoms. The lowest BCUT2D eigenvalue weighted by atomic mass is 9.85. The fraction of sp³-hybridized carbons (Fsp3) is 0.647. The van der Waals surface area contributed by atoms with Crippen LogP contribution in [0.5, 0.6) is 17.2 Å². The molecule has 0 N–H and O–H groups in total. The number of rotatable bonds is 5. The molecule has 0 aliphatic carbocycles. The van der Waals surface area contributed by atoms with E-state index in [1.165, 1.54) is 48.9 Å². The second-order valence-electron chi connectivity index (χ2n) is 6.44. The van der Waals surface area contributed by atoms with Crippen LogP contribution in [0.3, 0.4) is 0 Å². The molecule has 0 aromatic heterocycles. The Kier molecular flexibility index (Phi) is 5.61. The quantitative estimate of drug-likeness (QED) is 0.673. The maximum atomic E-state index is 5.47. The SMILES string of the molecule is COc1cc(C[N+]23CCC(CC2)CC3)cc(OC)c1OC.[Br-]. The Balaban J connectivity index is 0.00000176. The lowest BCUT2D eigenvalue weighted by molar-refractivity contribution is -0.955. The molecule has 1 aromatic rings. The van der Waals surface area contributed by atoms with E-state index in [4.69, 9.17) is 14.2 Å². The van der Waals surface area contributed by atoms with Gasteiger partial charge in [-0.3, -0.25) is 0 Å². The molecule has 5 heteroatoms. The highest BCUT2D eigenvalue weighted by Crippen LogP contribution is 2.40. The molecule has 0 unspecified atom stereocenters. The summed E-state index contributed by atoms with van der Waals surface area (Å²) in [4.78, 5) is 0. The molecule has 1 aromatic carbocycles. The van der Waals surface area contributed by atoms with Crippen LogP contribution in [0.1, 0.15) is 24.8 Å². The minimum absolute atomic E-state index is 0. The summed E-state index contributed by atoms with van der Waals surface area (Å²) >= 11 is 0. The summed E-state index contributed by atoms with van der Waals surface area (Å²) in [5.41, 5.74) is 1.28. The fourth-order valence-corrected chi connectivity index (χ4v) is 3.99. The lowest BCUT2D eigenvalue weighted by Crippen LogP contribution is -3.00. The number of quaternary nitrogens is 1. The largest absolute Gasteiger partial charge is 1.00 e. The van der Waals surface area contributed by atoms with Gasteiger partial charge in [-0.25, -0.2) is 0 Å². The summed E-state index contributed by atoms with van der Waals surface area (Å²) in [6.45, 7) is 5.04. The van der Waals surface area contributed by atoms with E-state index < -0.39 is 0 Å². The van der Waals surface area contributed by atoms with Crippen LogP contribution in [0, 0.1) is 5.92 Å². The number of ether oxygens (including phenoxy) is 3. The van der Waals surface area contributed by atoms with Gasteiger partial charge < -0.3 is 35.7 Å². The Bertz CT molecular complexity index is 474. The first-order chi connectivity index (χ1) is 10.2. The second-order valence-corrected chi connectivity index (χ2v) is 6.44. The molecule has 0 amide bonds. The van der Waals surface area contributed by atoms with Gasteiger partial charge in [0.2, 0.25) is 5.75 Å². The van der Waals surface area contributed by atoms with Crippen molar-refractivity contribution in [3.8, 4) is 17.2 Å². The zero-order valence-electron chi connectivity index (χ0n) is 13.7. The number of hydrogen-bond donors (Lipinski definition) is 0. The fourth-order valence-electron chi connectivity index (χ4n) is 3.99. The van der Waals surface area contributed by atoms with E-state index in [1.807, 2.05) is 0 Å². The van der Waals surface area contributed by atoms with Crippen molar-refractivity contribution in [3.05, 3.63) is 17.7 Å². The van der Waals surface area contributed by atoms with Gasteiger partial charge in [-0.1, -0.05) is 0 Å². The first-order valence-corrected chi connectivity index (χ1v) is 7.84. The van der Waals surface area contributed by atoms with Crippen LogP contribution < -0.4 is 31.2 Å². The number of piperidine rings is 3. The van der Waals surface area contributed by atoms with Gasteiger partial charge in [0.15, 0.2) is 11.5 Å². The average molecular weight is 372 g/mol. The zero-order valence-corrected chi connectivity index (χ0v) is 15.3. The number of nitrogens with zero attached hydrogens (tertiary/aromatic N) is 1. The van der Waals surface area contributed by atoms with E-state index in [1.54, 1.807) is 21.3 Å². The van der Waals surface area contributed by atoms with Gasteiger partial charge in [-0.05, 0) is 37.3 Å². The van der Waals surface area contributed by atoms with Crippen molar-refractivity contribution in [2.75, 3.05) is 41.0 Å². The Morgan fingerprint density at radius 2 is 1.41 bits per heavy atom. The highest BCUT2D eigenvalue weighted by atomic mass is 79.9. The van der Waals surface area contributed by atoms with Crippen molar-refractivity contribution in [1.82, 2.24) is 0 Å². The van der Waals surface area contributed by atoms with Crippen LogP contribution in [-0.4, -0.2) is 45.4 Å². The van der Waals surface area contributed by atoms with Gasteiger partial charge in [0.1, 0.15) is 6.54 Å². The minimum Gasteiger partial charge on any atom is -1.00 e. The van der Waals surface area contributed by atoms with Gasteiger partial charge >= 0.3 is 0 Å². The summed E-state index contributed by atoms with van der Waals surface area (Å²) in [5, 5.41) is 0. The van der Waals surface area contributed by atoms with E-state index in [0.717, 1.165) is 24.0 Å². The summed E-state index contributed by atoms with van der Waals surface area (Å²) < 4.78 is 17.6.